The van der Waals surface area contributed by atoms with Gasteiger partial charge in [-0.25, -0.2) is 0 Å². The van der Waals surface area contributed by atoms with Crippen LogP contribution in [0.15, 0.2) is 4.42 Å². The smallest absolute Gasteiger partial charge is 0.298 e. The highest BCUT2D eigenvalue weighted by molar-refractivity contribution is 6.34. The van der Waals surface area contributed by atoms with Gasteiger partial charge in [0.15, 0.2) is 5.58 Å². The third kappa shape index (κ3) is 2.23. The summed E-state index contributed by atoms with van der Waals surface area (Å²) in [4.78, 5) is 18.5. The number of aryl methyl sites for hydroxylation is 1. The Bertz CT molecular complexity index is 756. The molecule has 1 unspecified atom stereocenters. The van der Waals surface area contributed by atoms with E-state index in [-0.39, 0.29) is 6.04 Å². The number of primary amides is 1. The van der Waals surface area contributed by atoms with Crippen LogP contribution >= 0.6 is 11.6 Å². The molecule has 0 saturated carbocycles. The molecule has 22 heavy (non-hydrogen) atoms. The number of nitrogens with one attached hydrogen (secondary N) is 1. The average molecular weight is 323 g/mol. The largest absolute Gasteiger partial charge is 0.423 e. The van der Waals surface area contributed by atoms with Crippen molar-refractivity contribution in [1.82, 2.24) is 10.3 Å². The molecule has 0 spiro atoms. The molecule has 0 radical (unpaired) electrons. The Balaban J connectivity index is 2.22. The zero-order valence-corrected chi connectivity index (χ0v) is 13.6. The number of carbonyl (C=O) groups excluding carboxylic acids is 1. The number of amides is 1. The summed E-state index contributed by atoms with van der Waals surface area (Å²) >= 11 is 6.32. The standard InChI is InChI=1S/C15H19ClN4O2/c1-7-6-18-4-5-20(7)15-19-12-9(3)11(16)8(2)10(14(17)21)13(12)22-15/h7,18H,4-6H2,1-3H3,(H2,17,21). The number of hydrogen-bond donors (Lipinski definition) is 2. The van der Waals surface area contributed by atoms with Crippen LogP contribution in [0, 0.1) is 13.8 Å². The number of benzene rings is 1. The molecule has 1 amide bonds. The van der Waals surface area contributed by atoms with Crippen molar-refractivity contribution in [2.24, 2.45) is 5.73 Å². The maximum atomic E-state index is 11.8. The Morgan fingerprint density at radius 2 is 2.18 bits per heavy atom. The molecule has 3 rings (SSSR count). The van der Waals surface area contributed by atoms with Gasteiger partial charge in [0, 0.05) is 30.7 Å². The molecule has 1 atom stereocenters. The highest BCUT2D eigenvalue weighted by Gasteiger charge is 2.27. The molecule has 1 aliphatic heterocycles. The molecule has 2 heterocycles. The Morgan fingerprint density at radius 3 is 2.82 bits per heavy atom. The maximum absolute atomic E-state index is 11.8. The number of piperazine rings is 1. The first-order valence-electron chi connectivity index (χ1n) is 7.28. The first-order chi connectivity index (χ1) is 10.4. The SMILES string of the molecule is Cc1c(Cl)c(C)c2nc(N3CCNCC3C)oc2c1C(N)=O. The van der Waals surface area contributed by atoms with Crippen molar-refractivity contribution in [3.8, 4) is 0 Å². The number of fused-ring (bicyclic) bond motifs is 1. The summed E-state index contributed by atoms with van der Waals surface area (Å²) in [5, 5.41) is 3.83. The van der Waals surface area contributed by atoms with Crippen molar-refractivity contribution < 1.29 is 9.21 Å². The van der Waals surface area contributed by atoms with E-state index in [1.165, 1.54) is 0 Å². The number of anilines is 1. The lowest BCUT2D eigenvalue weighted by Gasteiger charge is -2.32. The van der Waals surface area contributed by atoms with Gasteiger partial charge in [-0.05, 0) is 31.9 Å². The molecule has 6 nitrogen and oxygen atoms in total. The number of hydrogen-bond acceptors (Lipinski definition) is 5. The van der Waals surface area contributed by atoms with E-state index in [2.05, 4.69) is 22.1 Å². The minimum absolute atomic E-state index is 0.260. The van der Waals surface area contributed by atoms with Gasteiger partial charge in [0.2, 0.25) is 0 Å². The highest BCUT2D eigenvalue weighted by atomic mass is 35.5. The van der Waals surface area contributed by atoms with E-state index in [1.807, 2.05) is 6.92 Å². The van der Waals surface area contributed by atoms with Gasteiger partial charge in [0.1, 0.15) is 5.52 Å². The molecule has 1 aromatic carbocycles. The number of rotatable bonds is 2. The van der Waals surface area contributed by atoms with E-state index in [1.54, 1.807) is 6.92 Å². The van der Waals surface area contributed by atoms with Crippen LogP contribution in [0.2, 0.25) is 5.02 Å². The Labute approximate surface area is 133 Å². The fourth-order valence-corrected chi connectivity index (χ4v) is 3.13. The second-order valence-corrected chi connectivity index (χ2v) is 6.10. The van der Waals surface area contributed by atoms with Gasteiger partial charge in [-0.2, -0.15) is 4.98 Å². The molecular weight excluding hydrogens is 304 g/mol. The van der Waals surface area contributed by atoms with Crippen molar-refractivity contribution >= 4 is 34.6 Å². The predicted molar refractivity (Wildman–Crippen MR) is 86.7 cm³/mol. The fourth-order valence-electron chi connectivity index (χ4n) is 2.94. The third-order valence-corrected chi connectivity index (χ3v) is 4.79. The molecule has 3 N–H and O–H groups in total. The van der Waals surface area contributed by atoms with Crippen LogP contribution in [0.3, 0.4) is 0 Å². The van der Waals surface area contributed by atoms with Crippen molar-refractivity contribution in [3.05, 3.63) is 21.7 Å². The van der Waals surface area contributed by atoms with E-state index in [0.717, 1.165) is 25.2 Å². The van der Waals surface area contributed by atoms with Gasteiger partial charge in [0.05, 0.1) is 5.56 Å². The number of carbonyl (C=O) groups is 1. The lowest BCUT2D eigenvalue weighted by atomic mass is 10.0. The minimum Gasteiger partial charge on any atom is -0.423 e. The van der Waals surface area contributed by atoms with Crippen LogP contribution in [-0.4, -0.2) is 36.6 Å². The number of aromatic nitrogens is 1. The number of nitrogens with two attached hydrogens (primary N) is 1. The lowest BCUT2D eigenvalue weighted by molar-refractivity contribution is 0.100. The minimum atomic E-state index is -0.555. The molecule has 1 aliphatic rings. The number of oxazole rings is 1. The molecule has 0 aliphatic carbocycles. The normalized spacial score (nSPS) is 18.9. The first kappa shape index (κ1) is 15.1. The summed E-state index contributed by atoms with van der Waals surface area (Å²) in [5.41, 5.74) is 8.28. The van der Waals surface area contributed by atoms with Gasteiger partial charge in [0.25, 0.3) is 11.9 Å². The van der Waals surface area contributed by atoms with Gasteiger partial charge >= 0.3 is 0 Å². The van der Waals surface area contributed by atoms with Crippen LogP contribution in [0.4, 0.5) is 6.01 Å². The number of nitrogens with zero attached hydrogens (tertiary/aromatic N) is 2. The average Bonchev–Trinajstić information content (AvgIpc) is 2.90. The summed E-state index contributed by atoms with van der Waals surface area (Å²) in [5.74, 6) is -0.555. The van der Waals surface area contributed by atoms with E-state index < -0.39 is 5.91 Å². The van der Waals surface area contributed by atoms with Gasteiger partial charge in [-0.1, -0.05) is 11.6 Å². The van der Waals surface area contributed by atoms with Crippen LogP contribution < -0.4 is 16.0 Å². The van der Waals surface area contributed by atoms with Crippen LogP contribution in [0.1, 0.15) is 28.4 Å². The van der Waals surface area contributed by atoms with Crippen LogP contribution in [0.25, 0.3) is 11.1 Å². The maximum Gasteiger partial charge on any atom is 0.298 e. The zero-order chi connectivity index (χ0) is 16.0. The lowest BCUT2D eigenvalue weighted by Crippen LogP contribution is -2.50. The quantitative estimate of drug-likeness (QED) is 0.883. The molecule has 0 bridgehead atoms. The van der Waals surface area contributed by atoms with E-state index in [0.29, 0.717) is 33.3 Å². The Kier molecular flexibility index (Phi) is 3.74. The van der Waals surface area contributed by atoms with Crippen LogP contribution in [-0.2, 0) is 0 Å². The third-order valence-electron chi connectivity index (χ3n) is 4.23. The zero-order valence-electron chi connectivity index (χ0n) is 12.9. The second kappa shape index (κ2) is 5.44. The predicted octanol–water partition coefficient (Wildman–Crippen LogP) is 2.00. The topological polar surface area (TPSA) is 84.4 Å². The molecule has 2 aromatic rings. The van der Waals surface area contributed by atoms with E-state index in [4.69, 9.17) is 21.8 Å². The molecule has 118 valence electrons. The van der Waals surface area contributed by atoms with Crippen molar-refractivity contribution in [3.63, 3.8) is 0 Å². The fraction of sp³-hybridized carbons (Fsp3) is 0.467. The van der Waals surface area contributed by atoms with Crippen molar-refractivity contribution in [2.75, 3.05) is 24.5 Å². The van der Waals surface area contributed by atoms with Crippen molar-refractivity contribution in [2.45, 2.75) is 26.8 Å². The first-order valence-corrected chi connectivity index (χ1v) is 7.66. The summed E-state index contributed by atoms with van der Waals surface area (Å²) in [6, 6.07) is 0.770. The van der Waals surface area contributed by atoms with Gasteiger partial charge in [-0.15, -0.1) is 0 Å². The summed E-state index contributed by atoms with van der Waals surface area (Å²) in [6.07, 6.45) is 0. The Hall–Kier alpha value is -1.79. The molecule has 1 saturated heterocycles. The van der Waals surface area contributed by atoms with Gasteiger partial charge < -0.3 is 20.4 Å². The van der Waals surface area contributed by atoms with E-state index in [9.17, 15) is 4.79 Å². The van der Waals surface area contributed by atoms with Gasteiger partial charge in [-0.3, -0.25) is 4.79 Å². The van der Waals surface area contributed by atoms with E-state index >= 15 is 0 Å². The molecule has 1 fully saturated rings. The second-order valence-electron chi connectivity index (χ2n) is 5.72. The Morgan fingerprint density at radius 1 is 1.45 bits per heavy atom. The molecule has 1 aromatic heterocycles. The van der Waals surface area contributed by atoms with Crippen LogP contribution in [0.5, 0.6) is 0 Å². The molecular formula is C15H19ClN4O2. The summed E-state index contributed by atoms with van der Waals surface area (Å²) in [6.45, 7) is 8.26. The summed E-state index contributed by atoms with van der Waals surface area (Å²) in [7, 11) is 0. The van der Waals surface area contributed by atoms with Crippen molar-refractivity contribution in [1.29, 1.82) is 0 Å². The molecule has 7 heteroatoms. The number of halogens is 1. The monoisotopic (exact) mass is 322 g/mol. The highest BCUT2D eigenvalue weighted by Crippen LogP contribution is 2.35. The summed E-state index contributed by atoms with van der Waals surface area (Å²) < 4.78 is 5.91.